The Bertz CT molecular complexity index is 5530. The van der Waals surface area contributed by atoms with Crippen molar-refractivity contribution >= 4 is 23.5 Å². The average Bonchev–Trinajstić information content (AvgIpc) is 1.48. The maximum Gasteiger partial charge on any atom is 0.161 e. The second-order valence-electron chi connectivity index (χ2n) is 24.6. The van der Waals surface area contributed by atoms with Gasteiger partial charge in [0, 0.05) is 53.0 Å². The lowest BCUT2D eigenvalue weighted by Gasteiger charge is -2.40. The van der Waals surface area contributed by atoms with Gasteiger partial charge in [-0.1, -0.05) is 315 Å². The second kappa shape index (κ2) is 21.7. The summed E-state index contributed by atoms with van der Waals surface area (Å²) in [6, 6.07) is 119. The summed E-state index contributed by atoms with van der Waals surface area (Å²) in [6.07, 6.45) is 0. The molecule has 1 unspecified atom stereocenters. The van der Waals surface area contributed by atoms with Gasteiger partial charge in [-0.05, 0) is 125 Å². The Hall–Kier alpha value is -11.3. The Kier molecular flexibility index (Phi) is 12.6. The Morgan fingerprint density at radius 2 is 0.500 bits per heavy atom. The van der Waals surface area contributed by atoms with Crippen molar-refractivity contribution in [3.05, 3.63) is 372 Å². The molecule has 0 amide bonds. The molecule has 0 radical (unpaired) electrons. The SMILES string of the molecule is c1ccc(-c2ccc(-c3cc(-c4ccccc4)nc(-c4cccc5c4Sc4ccccc4C54c5ccccc5-c5cc(-c6cccc(-c7cc(-c8ccccc8)nc(-c8cccc9c8Sc8ccccc8C98c9ccccc9-c9ccccc98)n7)c6)ccc54)n3)cc2)cc1. The normalized spacial score (nSPS) is 14.6. The highest BCUT2D eigenvalue weighted by Gasteiger charge is 2.52. The molecule has 4 nitrogen and oxygen atoms in total. The molecule has 0 saturated heterocycles. The lowest BCUT2D eigenvalue weighted by Crippen LogP contribution is -2.32. The van der Waals surface area contributed by atoms with Crippen molar-refractivity contribution in [1.82, 2.24) is 19.9 Å². The molecule has 0 fully saturated rings. The van der Waals surface area contributed by atoms with Crippen molar-refractivity contribution in [2.24, 2.45) is 0 Å². The molecular formula is C88H54N4S2. The molecule has 15 aromatic rings. The van der Waals surface area contributed by atoms with Crippen molar-refractivity contribution in [3.8, 4) is 112 Å². The summed E-state index contributed by atoms with van der Waals surface area (Å²) < 4.78 is 0. The Labute approximate surface area is 554 Å². The van der Waals surface area contributed by atoms with E-state index >= 15 is 0 Å². The van der Waals surface area contributed by atoms with E-state index in [4.69, 9.17) is 19.9 Å². The molecule has 0 saturated carbocycles. The van der Waals surface area contributed by atoms with Crippen molar-refractivity contribution in [2.45, 2.75) is 30.4 Å². The van der Waals surface area contributed by atoms with Crippen molar-refractivity contribution in [2.75, 3.05) is 0 Å². The highest BCUT2D eigenvalue weighted by molar-refractivity contribution is 8.00. The molecule has 6 heteroatoms. The zero-order valence-corrected chi connectivity index (χ0v) is 52.4. The van der Waals surface area contributed by atoms with Crippen LogP contribution in [-0.2, 0) is 10.8 Å². The Balaban J connectivity index is 0.744. The number of benzene rings is 13. The van der Waals surface area contributed by atoms with Gasteiger partial charge in [-0.2, -0.15) is 0 Å². The maximum atomic E-state index is 5.64. The number of rotatable bonds is 8. The molecule has 94 heavy (non-hydrogen) atoms. The fourth-order valence-corrected chi connectivity index (χ4v) is 18.2. The highest BCUT2D eigenvalue weighted by atomic mass is 32.2. The molecule has 13 aromatic carbocycles. The van der Waals surface area contributed by atoms with E-state index in [2.05, 4.69) is 328 Å². The van der Waals surface area contributed by atoms with Crippen LogP contribution >= 0.6 is 23.5 Å². The molecule has 19 rings (SSSR count). The van der Waals surface area contributed by atoms with Gasteiger partial charge in [0.2, 0.25) is 0 Å². The molecule has 438 valence electrons. The van der Waals surface area contributed by atoms with Crippen molar-refractivity contribution in [3.63, 3.8) is 0 Å². The van der Waals surface area contributed by atoms with Gasteiger partial charge in [-0.3, -0.25) is 0 Å². The monoisotopic (exact) mass is 1230 g/mol. The molecule has 1 atom stereocenters. The first-order valence-electron chi connectivity index (χ1n) is 32.0. The summed E-state index contributed by atoms with van der Waals surface area (Å²) in [4.78, 5) is 26.9. The van der Waals surface area contributed by atoms with E-state index in [1.807, 2.05) is 23.5 Å². The molecular weight excluding hydrogens is 1180 g/mol. The van der Waals surface area contributed by atoms with E-state index in [-0.39, 0.29) is 0 Å². The summed E-state index contributed by atoms with van der Waals surface area (Å²) in [5, 5.41) is 0. The minimum atomic E-state index is -0.640. The smallest absolute Gasteiger partial charge is 0.161 e. The lowest BCUT2D eigenvalue weighted by atomic mass is 9.67. The molecule has 4 aliphatic rings. The van der Waals surface area contributed by atoms with Crippen LogP contribution in [0.25, 0.3) is 112 Å². The van der Waals surface area contributed by atoms with Crippen LogP contribution in [0.5, 0.6) is 0 Å². The molecule has 2 aromatic heterocycles. The Morgan fingerprint density at radius 1 is 0.191 bits per heavy atom. The number of aromatic nitrogens is 4. The third-order valence-corrected chi connectivity index (χ3v) is 22.1. The van der Waals surface area contributed by atoms with E-state index < -0.39 is 10.8 Å². The Morgan fingerprint density at radius 3 is 1.00 bits per heavy atom. The van der Waals surface area contributed by atoms with Gasteiger partial charge in [0.15, 0.2) is 11.6 Å². The standard InChI is InChI=1S/C88H54N4S2/c1-4-23-55(24-5-1)56-45-47-59(48-46-56)79-53-77(57-25-6-2-7-26-57)89-85(91-79)66-34-22-42-76-84(66)94-82-44-19-17-40-74(82)88(76)71-38-15-12-33-65(71)68-52-61(49-50-72(68)88)60-29-20-30-62(51-60)80-54-78(58-27-8-3-9-28-58)90-86(92-80)67-35-21-41-75-83(67)93-81-43-18-16-39-73(81)87(75)69-36-13-10-31-63(69)64-32-11-14-37-70(64)87/h1-54H. The zero-order valence-electron chi connectivity index (χ0n) is 50.8. The van der Waals surface area contributed by atoms with Gasteiger partial charge in [0.1, 0.15) is 0 Å². The number of hydrogen-bond donors (Lipinski definition) is 0. The summed E-state index contributed by atoms with van der Waals surface area (Å²) in [7, 11) is 0. The van der Waals surface area contributed by atoms with Crippen LogP contribution in [0.1, 0.15) is 44.5 Å². The molecule has 2 aliphatic heterocycles. The van der Waals surface area contributed by atoms with Gasteiger partial charge >= 0.3 is 0 Å². The summed E-state index contributed by atoms with van der Waals surface area (Å²) in [6.45, 7) is 0. The average molecular weight is 1230 g/mol. The molecule has 0 bridgehead atoms. The second-order valence-corrected chi connectivity index (χ2v) is 26.7. The topological polar surface area (TPSA) is 51.6 Å². The van der Waals surface area contributed by atoms with Gasteiger partial charge < -0.3 is 0 Å². The van der Waals surface area contributed by atoms with Crippen LogP contribution in [0.3, 0.4) is 0 Å². The van der Waals surface area contributed by atoms with Crippen LogP contribution in [0.15, 0.2) is 347 Å². The fraction of sp³-hybridized carbons (Fsp3) is 0.0227. The van der Waals surface area contributed by atoms with Gasteiger partial charge in [-0.15, -0.1) is 0 Å². The third-order valence-electron chi connectivity index (χ3n) is 19.7. The van der Waals surface area contributed by atoms with E-state index in [1.165, 1.54) is 87.0 Å². The first-order valence-corrected chi connectivity index (χ1v) is 33.6. The first-order chi connectivity index (χ1) is 46.6. The number of nitrogens with zero attached hydrogens (tertiary/aromatic N) is 4. The number of fused-ring (bicyclic) bond motifs is 18. The molecule has 2 spiro atoms. The highest BCUT2D eigenvalue weighted by Crippen LogP contribution is 2.65. The first kappa shape index (κ1) is 54.5. The quantitative estimate of drug-likeness (QED) is 0.151. The lowest BCUT2D eigenvalue weighted by molar-refractivity contribution is 0.723. The minimum absolute atomic E-state index is 0.525. The van der Waals surface area contributed by atoms with Gasteiger partial charge in [0.25, 0.3) is 0 Å². The van der Waals surface area contributed by atoms with Crippen LogP contribution in [0, 0.1) is 0 Å². The summed E-state index contributed by atoms with van der Waals surface area (Å²) in [5.74, 6) is 1.39. The molecule has 0 N–H and O–H groups in total. The zero-order chi connectivity index (χ0) is 61.9. The van der Waals surface area contributed by atoms with E-state index in [0.717, 1.165) is 77.7 Å². The predicted molar refractivity (Wildman–Crippen MR) is 384 cm³/mol. The van der Waals surface area contributed by atoms with Crippen LogP contribution in [0.4, 0.5) is 0 Å². The maximum absolute atomic E-state index is 5.64. The molecule has 2 aliphatic carbocycles. The van der Waals surface area contributed by atoms with E-state index in [9.17, 15) is 0 Å². The fourth-order valence-electron chi connectivity index (χ4n) is 15.6. The predicted octanol–water partition coefficient (Wildman–Crippen LogP) is 22.3. The van der Waals surface area contributed by atoms with Crippen LogP contribution in [0.2, 0.25) is 0 Å². The van der Waals surface area contributed by atoms with Crippen LogP contribution in [-0.4, -0.2) is 19.9 Å². The van der Waals surface area contributed by atoms with Gasteiger partial charge in [-0.25, -0.2) is 19.9 Å². The largest absolute Gasteiger partial charge is 0.228 e. The summed E-state index contributed by atoms with van der Waals surface area (Å²) >= 11 is 3.66. The van der Waals surface area contributed by atoms with E-state index in [1.54, 1.807) is 0 Å². The number of hydrogen-bond acceptors (Lipinski definition) is 6. The summed E-state index contributed by atoms with van der Waals surface area (Å²) in [5.41, 5.74) is 28.2. The minimum Gasteiger partial charge on any atom is -0.228 e. The van der Waals surface area contributed by atoms with Crippen molar-refractivity contribution < 1.29 is 0 Å². The molecule has 4 heterocycles. The third kappa shape index (κ3) is 8.29. The van der Waals surface area contributed by atoms with Crippen molar-refractivity contribution in [1.29, 1.82) is 0 Å². The van der Waals surface area contributed by atoms with Gasteiger partial charge in [0.05, 0.1) is 33.6 Å². The van der Waals surface area contributed by atoms with Crippen LogP contribution < -0.4 is 0 Å². The van der Waals surface area contributed by atoms with E-state index in [0.29, 0.717) is 11.6 Å².